The van der Waals surface area contributed by atoms with Gasteiger partial charge in [0, 0.05) is 0 Å². The Hall–Kier alpha value is -0.960. The van der Waals surface area contributed by atoms with Gasteiger partial charge in [0.15, 0.2) is 0 Å². The van der Waals surface area contributed by atoms with E-state index in [0.29, 0.717) is 0 Å². The Morgan fingerprint density at radius 2 is 1.92 bits per heavy atom. The molecular weight excluding hydrogens is 201 g/mol. The lowest BCUT2D eigenvalue weighted by Gasteiger charge is -2.09. The zero-order chi connectivity index (χ0) is 10.1. The molecule has 0 aliphatic heterocycles. The van der Waals surface area contributed by atoms with Gasteiger partial charge < -0.3 is 0 Å². The SMILES string of the molecule is C=Cc1cccc(C(F)(F)F)c1Cl. The molecule has 1 aromatic carbocycles. The molecule has 1 rings (SSSR count). The lowest BCUT2D eigenvalue weighted by molar-refractivity contribution is -0.137. The molecule has 0 unspecified atom stereocenters. The molecule has 0 N–H and O–H groups in total. The molecule has 0 heterocycles. The highest BCUT2D eigenvalue weighted by atomic mass is 35.5. The highest BCUT2D eigenvalue weighted by Crippen LogP contribution is 2.36. The monoisotopic (exact) mass is 206 g/mol. The van der Waals surface area contributed by atoms with Crippen LogP contribution in [0.25, 0.3) is 6.08 Å². The zero-order valence-electron chi connectivity index (χ0n) is 6.53. The van der Waals surface area contributed by atoms with Crippen LogP contribution < -0.4 is 0 Å². The molecule has 4 heteroatoms. The van der Waals surface area contributed by atoms with Gasteiger partial charge in [0.05, 0.1) is 10.6 Å². The summed E-state index contributed by atoms with van der Waals surface area (Å²) in [5.41, 5.74) is -0.539. The largest absolute Gasteiger partial charge is 0.417 e. The lowest BCUT2D eigenvalue weighted by atomic mass is 10.1. The average Bonchev–Trinajstić information content (AvgIpc) is 2.02. The summed E-state index contributed by atoms with van der Waals surface area (Å²) in [6, 6.07) is 3.71. The van der Waals surface area contributed by atoms with Gasteiger partial charge in [-0.1, -0.05) is 36.4 Å². The van der Waals surface area contributed by atoms with E-state index in [2.05, 4.69) is 6.58 Å². The Morgan fingerprint density at radius 3 is 2.38 bits per heavy atom. The second-order valence-corrected chi connectivity index (χ2v) is 2.79. The molecule has 0 nitrogen and oxygen atoms in total. The fourth-order valence-corrected chi connectivity index (χ4v) is 1.24. The first-order valence-corrected chi connectivity index (χ1v) is 3.82. The van der Waals surface area contributed by atoms with Crippen molar-refractivity contribution in [2.24, 2.45) is 0 Å². The van der Waals surface area contributed by atoms with Gasteiger partial charge in [-0.05, 0) is 11.6 Å². The number of halogens is 4. The van der Waals surface area contributed by atoms with Crippen molar-refractivity contribution in [3.8, 4) is 0 Å². The molecule has 1 aromatic rings. The fraction of sp³-hybridized carbons (Fsp3) is 0.111. The normalized spacial score (nSPS) is 11.4. The standard InChI is InChI=1S/C9H6ClF3/c1-2-6-4-3-5-7(8(6)10)9(11,12)13/h2-5H,1H2. The van der Waals surface area contributed by atoms with Crippen LogP contribution in [0.2, 0.25) is 5.02 Å². The highest BCUT2D eigenvalue weighted by Gasteiger charge is 2.33. The Balaban J connectivity index is 3.32. The van der Waals surface area contributed by atoms with Gasteiger partial charge in [0.25, 0.3) is 0 Å². The molecule has 13 heavy (non-hydrogen) atoms. The summed E-state index contributed by atoms with van der Waals surface area (Å²) < 4.78 is 36.7. The van der Waals surface area contributed by atoms with Crippen molar-refractivity contribution in [2.45, 2.75) is 6.18 Å². The molecule has 0 amide bonds. The van der Waals surface area contributed by atoms with Crippen molar-refractivity contribution >= 4 is 17.7 Å². The summed E-state index contributed by atoms with van der Waals surface area (Å²) >= 11 is 5.50. The van der Waals surface area contributed by atoms with E-state index in [1.165, 1.54) is 18.2 Å². The molecule has 0 atom stereocenters. The molecule has 70 valence electrons. The predicted molar refractivity (Wildman–Crippen MR) is 46.5 cm³/mol. The van der Waals surface area contributed by atoms with E-state index < -0.39 is 11.7 Å². The van der Waals surface area contributed by atoms with Crippen LogP contribution in [0.1, 0.15) is 11.1 Å². The quantitative estimate of drug-likeness (QED) is 0.652. The molecule has 0 fully saturated rings. The maximum atomic E-state index is 12.2. The van der Waals surface area contributed by atoms with Crippen molar-refractivity contribution < 1.29 is 13.2 Å². The summed E-state index contributed by atoms with van der Waals surface area (Å²) in [6.45, 7) is 3.36. The Bertz CT molecular complexity index is 328. The summed E-state index contributed by atoms with van der Waals surface area (Å²) in [6.07, 6.45) is -3.12. The van der Waals surface area contributed by atoms with Gasteiger partial charge >= 0.3 is 6.18 Å². The first-order chi connectivity index (χ1) is 5.96. The van der Waals surface area contributed by atoms with Crippen LogP contribution in [0, 0.1) is 0 Å². The number of rotatable bonds is 1. The van der Waals surface area contributed by atoms with Crippen LogP contribution in [-0.2, 0) is 6.18 Å². The number of hydrogen-bond donors (Lipinski definition) is 0. The third kappa shape index (κ3) is 2.04. The van der Waals surface area contributed by atoms with Gasteiger partial charge in [0.2, 0.25) is 0 Å². The minimum Gasteiger partial charge on any atom is -0.166 e. The predicted octanol–water partition coefficient (Wildman–Crippen LogP) is 4.00. The lowest BCUT2D eigenvalue weighted by Crippen LogP contribution is -2.06. The summed E-state index contributed by atoms with van der Waals surface area (Å²) in [4.78, 5) is 0. The van der Waals surface area contributed by atoms with Crippen molar-refractivity contribution in [3.05, 3.63) is 40.9 Å². The van der Waals surface area contributed by atoms with E-state index >= 15 is 0 Å². The molecule has 0 saturated carbocycles. The minimum atomic E-state index is -4.41. The van der Waals surface area contributed by atoms with Crippen LogP contribution in [0.5, 0.6) is 0 Å². The van der Waals surface area contributed by atoms with E-state index in [9.17, 15) is 13.2 Å². The average molecular weight is 207 g/mol. The first-order valence-electron chi connectivity index (χ1n) is 3.45. The van der Waals surface area contributed by atoms with Gasteiger partial charge in [-0.15, -0.1) is 0 Å². The van der Waals surface area contributed by atoms with Crippen molar-refractivity contribution in [2.75, 3.05) is 0 Å². The number of benzene rings is 1. The summed E-state index contributed by atoms with van der Waals surface area (Å²) in [5.74, 6) is 0. The summed E-state index contributed by atoms with van der Waals surface area (Å²) in [7, 11) is 0. The molecule has 0 radical (unpaired) electrons. The van der Waals surface area contributed by atoms with E-state index in [4.69, 9.17) is 11.6 Å². The van der Waals surface area contributed by atoms with Crippen LogP contribution in [0.3, 0.4) is 0 Å². The summed E-state index contributed by atoms with van der Waals surface area (Å²) in [5, 5.41) is -0.301. The van der Waals surface area contributed by atoms with Gasteiger partial charge in [-0.2, -0.15) is 13.2 Å². The van der Waals surface area contributed by atoms with E-state index in [0.717, 1.165) is 6.07 Å². The van der Waals surface area contributed by atoms with E-state index in [1.807, 2.05) is 0 Å². The zero-order valence-corrected chi connectivity index (χ0v) is 7.28. The Kier molecular flexibility index (Phi) is 2.66. The Morgan fingerprint density at radius 1 is 1.31 bits per heavy atom. The van der Waals surface area contributed by atoms with E-state index in [1.54, 1.807) is 0 Å². The van der Waals surface area contributed by atoms with Gasteiger partial charge in [0.1, 0.15) is 0 Å². The number of alkyl halides is 3. The van der Waals surface area contributed by atoms with Crippen LogP contribution in [0.15, 0.2) is 24.8 Å². The fourth-order valence-electron chi connectivity index (χ4n) is 0.926. The molecule has 0 bridgehead atoms. The van der Waals surface area contributed by atoms with Crippen LogP contribution in [0.4, 0.5) is 13.2 Å². The van der Waals surface area contributed by atoms with Gasteiger partial charge in [-0.25, -0.2) is 0 Å². The van der Waals surface area contributed by atoms with E-state index in [-0.39, 0.29) is 10.6 Å². The Labute approximate surface area is 78.6 Å². The van der Waals surface area contributed by atoms with Crippen LogP contribution in [-0.4, -0.2) is 0 Å². The molecule has 0 aromatic heterocycles. The topological polar surface area (TPSA) is 0 Å². The van der Waals surface area contributed by atoms with Gasteiger partial charge in [-0.3, -0.25) is 0 Å². The maximum Gasteiger partial charge on any atom is 0.417 e. The third-order valence-electron chi connectivity index (χ3n) is 1.55. The first kappa shape index (κ1) is 10.1. The molecule has 0 spiro atoms. The van der Waals surface area contributed by atoms with Crippen LogP contribution >= 0.6 is 11.6 Å². The molecule has 0 saturated heterocycles. The minimum absolute atomic E-state index is 0.288. The highest BCUT2D eigenvalue weighted by molar-refractivity contribution is 6.32. The number of hydrogen-bond acceptors (Lipinski definition) is 0. The third-order valence-corrected chi connectivity index (χ3v) is 1.98. The molecule has 0 aliphatic carbocycles. The smallest absolute Gasteiger partial charge is 0.166 e. The van der Waals surface area contributed by atoms with Crippen molar-refractivity contribution in [1.29, 1.82) is 0 Å². The molecular formula is C9H6ClF3. The second-order valence-electron chi connectivity index (χ2n) is 2.41. The van der Waals surface area contributed by atoms with Crippen molar-refractivity contribution in [3.63, 3.8) is 0 Å². The molecule has 0 aliphatic rings. The second kappa shape index (κ2) is 3.42. The van der Waals surface area contributed by atoms with Crippen molar-refractivity contribution in [1.82, 2.24) is 0 Å². The maximum absolute atomic E-state index is 12.2.